The van der Waals surface area contributed by atoms with Gasteiger partial charge in [0.1, 0.15) is 0 Å². The zero-order chi connectivity index (χ0) is 21.8. The van der Waals surface area contributed by atoms with Gasteiger partial charge in [0.15, 0.2) is 0 Å². The van der Waals surface area contributed by atoms with Gasteiger partial charge in [-0.1, -0.05) is 45.9 Å². The number of aromatic nitrogens is 5. The van der Waals surface area contributed by atoms with E-state index in [0.717, 1.165) is 35.4 Å². The Morgan fingerprint density at radius 1 is 0.774 bits per heavy atom. The average Bonchev–Trinajstić information content (AvgIpc) is 2.79. The molecule has 0 aliphatic rings. The zero-order valence-corrected chi connectivity index (χ0v) is 18.7. The van der Waals surface area contributed by atoms with Crippen LogP contribution in [0.5, 0.6) is 0 Å². The summed E-state index contributed by atoms with van der Waals surface area (Å²) >= 11 is 0. The second-order valence-electron chi connectivity index (χ2n) is 8.74. The fraction of sp³-hybridized carbons (Fsp3) is 0.346. The van der Waals surface area contributed by atoms with E-state index in [2.05, 4.69) is 72.1 Å². The van der Waals surface area contributed by atoms with Crippen LogP contribution in [0.25, 0.3) is 10.9 Å². The molecule has 0 bridgehead atoms. The van der Waals surface area contributed by atoms with Crippen molar-refractivity contribution in [2.24, 2.45) is 0 Å². The van der Waals surface area contributed by atoms with E-state index in [1.807, 2.05) is 36.9 Å². The van der Waals surface area contributed by atoms with Crippen LogP contribution in [0.2, 0.25) is 0 Å². The summed E-state index contributed by atoms with van der Waals surface area (Å²) in [5.74, 6) is 0.984. The lowest BCUT2D eigenvalue weighted by molar-refractivity contribution is 0.690. The molecule has 1 aromatic carbocycles. The van der Waals surface area contributed by atoms with Gasteiger partial charge in [0.25, 0.3) is 0 Å². The van der Waals surface area contributed by atoms with Crippen molar-refractivity contribution in [1.29, 1.82) is 0 Å². The fourth-order valence-electron chi connectivity index (χ4n) is 3.82. The Kier molecular flexibility index (Phi) is 6.31. The Bertz CT molecular complexity index is 1170. The van der Waals surface area contributed by atoms with Gasteiger partial charge in [-0.2, -0.15) is 10.2 Å². The van der Waals surface area contributed by atoms with Gasteiger partial charge in [-0.3, -0.25) is 15.0 Å². The Balaban J connectivity index is 1.47. The predicted molar refractivity (Wildman–Crippen MR) is 124 cm³/mol. The summed E-state index contributed by atoms with van der Waals surface area (Å²) in [7, 11) is 0. The zero-order valence-electron chi connectivity index (χ0n) is 18.7. The summed E-state index contributed by atoms with van der Waals surface area (Å²) in [4.78, 5) is 13.7. The van der Waals surface area contributed by atoms with E-state index >= 15 is 0 Å². The van der Waals surface area contributed by atoms with Gasteiger partial charge < -0.3 is 0 Å². The first kappa shape index (κ1) is 21.0. The second kappa shape index (κ2) is 9.29. The summed E-state index contributed by atoms with van der Waals surface area (Å²) in [6, 6.07) is 12.6. The van der Waals surface area contributed by atoms with Gasteiger partial charge in [0.05, 0.1) is 28.8 Å². The normalized spacial score (nSPS) is 13.5. The molecule has 0 spiro atoms. The van der Waals surface area contributed by atoms with Crippen molar-refractivity contribution in [3.63, 3.8) is 0 Å². The van der Waals surface area contributed by atoms with E-state index in [-0.39, 0.29) is 0 Å². The largest absolute Gasteiger partial charge is 0.261 e. The molecule has 3 aromatic heterocycles. The topological polar surface area (TPSA) is 64.5 Å². The highest BCUT2D eigenvalue weighted by atomic mass is 15.1. The third kappa shape index (κ3) is 5.10. The van der Waals surface area contributed by atoms with Crippen molar-refractivity contribution in [3.05, 3.63) is 89.4 Å². The number of rotatable bonds is 7. The van der Waals surface area contributed by atoms with E-state index in [1.54, 1.807) is 0 Å². The monoisotopic (exact) mass is 411 g/mol. The maximum Gasteiger partial charge on any atom is 0.0702 e. The molecule has 0 aliphatic carbocycles. The first-order chi connectivity index (χ1) is 15.0. The van der Waals surface area contributed by atoms with Gasteiger partial charge in [-0.25, -0.2) is 0 Å². The average molecular weight is 412 g/mol. The number of nitrogens with zero attached hydrogens (tertiary/aromatic N) is 5. The van der Waals surface area contributed by atoms with E-state index in [9.17, 15) is 0 Å². The smallest absolute Gasteiger partial charge is 0.0702 e. The highest BCUT2D eigenvalue weighted by Gasteiger charge is 2.14. The molecule has 2 unspecified atom stereocenters. The number of para-hydroxylation sites is 1. The summed E-state index contributed by atoms with van der Waals surface area (Å²) in [5.41, 5.74) is 6.50. The first-order valence-corrected chi connectivity index (χ1v) is 11.0. The lowest BCUT2D eigenvalue weighted by Crippen LogP contribution is -2.07. The van der Waals surface area contributed by atoms with E-state index < -0.39 is 0 Å². The Morgan fingerprint density at radius 3 is 2.32 bits per heavy atom. The van der Waals surface area contributed by atoms with Crippen LogP contribution >= 0.6 is 0 Å². The third-order valence-corrected chi connectivity index (χ3v) is 5.80. The maximum atomic E-state index is 4.77. The molecule has 2 atom stereocenters. The van der Waals surface area contributed by atoms with Gasteiger partial charge in [0, 0.05) is 24.0 Å². The molecular weight excluding hydrogens is 382 g/mol. The number of pyridine rings is 1. The number of hydrogen-bond acceptors (Lipinski definition) is 5. The lowest BCUT2D eigenvalue weighted by atomic mass is 9.93. The van der Waals surface area contributed by atoms with Crippen LogP contribution in [0.3, 0.4) is 0 Å². The third-order valence-electron chi connectivity index (χ3n) is 5.80. The van der Waals surface area contributed by atoms with Crippen molar-refractivity contribution in [1.82, 2.24) is 25.1 Å². The van der Waals surface area contributed by atoms with E-state index in [0.29, 0.717) is 17.8 Å². The highest BCUT2D eigenvalue weighted by Crippen LogP contribution is 2.25. The fourth-order valence-corrected chi connectivity index (χ4v) is 3.82. The van der Waals surface area contributed by atoms with Crippen molar-refractivity contribution in [2.45, 2.75) is 58.3 Å². The van der Waals surface area contributed by atoms with Crippen LogP contribution in [0.4, 0.5) is 0 Å². The van der Waals surface area contributed by atoms with Gasteiger partial charge in [-0.15, -0.1) is 0 Å². The number of benzene rings is 1. The van der Waals surface area contributed by atoms with Crippen LogP contribution in [0, 0.1) is 0 Å². The Morgan fingerprint density at radius 2 is 1.52 bits per heavy atom. The quantitative estimate of drug-likeness (QED) is 0.394. The molecule has 0 aliphatic heterocycles. The molecule has 0 N–H and O–H groups in total. The summed E-state index contributed by atoms with van der Waals surface area (Å²) in [5, 5.41) is 9.86. The minimum Gasteiger partial charge on any atom is -0.261 e. The molecule has 158 valence electrons. The molecule has 4 aromatic rings. The van der Waals surface area contributed by atoms with Crippen LogP contribution in [-0.4, -0.2) is 25.1 Å². The van der Waals surface area contributed by atoms with Crippen molar-refractivity contribution < 1.29 is 0 Å². The van der Waals surface area contributed by atoms with E-state index in [1.165, 1.54) is 16.5 Å². The predicted octanol–water partition coefficient (Wildman–Crippen LogP) is 5.63. The van der Waals surface area contributed by atoms with E-state index in [4.69, 9.17) is 4.98 Å². The summed E-state index contributed by atoms with van der Waals surface area (Å²) in [6.07, 6.45) is 9.24. The molecule has 5 heteroatoms. The standard InChI is InChI=1S/C26H29N5/c1-17(2)26-16-27-15-24(30-26)10-19(4)22-12-23(31-29-14-22)9-18(3)21-11-20-7-5-6-8-25(20)28-13-21/h5-8,11-19H,9-10H2,1-4H3. The molecular formula is C26H29N5. The molecule has 0 fully saturated rings. The molecule has 0 saturated heterocycles. The maximum absolute atomic E-state index is 4.77. The minimum atomic E-state index is 0.295. The van der Waals surface area contributed by atoms with Crippen molar-refractivity contribution in [2.75, 3.05) is 0 Å². The second-order valence-corrected chi connectivity index (χ2v) is 8.74. The lowest BCUT2D eigenvalue weighted by Gasteiger charge is -2.15. The Hall–Kier alpha value is -3.21. The molecule has 3 heterocycles. The molecule has 0 amide bonds. The minimum absolute atomic E-state index is 0.295. The molecule has 0 radical (unpaired) electrons. The van der Waals surface area contributed by atoms with Crippen molar-refractivity contribution in [3.8, 4) is 0 Å². The van der Waals surface area contributed by atoms with Crippen LogP contribution in [0.15, 0.2) is 61.2 Å². The van der Waals surface area contributed by atoms with Gasteiger partial charge in [0.2, 0.25) is 0 Å². The molecule has 31 heavy (non-hydrogen) atoms. The number of fused-ring (bicyclic) bond motifs is 1. The van der Waals surface area contributed by atoms with Crippen LogP contribution < -0.4 is 0 Å². The highest BCUT2D eigenvalue weighted by molar-refractivity contribution is 5.78. The Labute approximate surface area is 184 Å². The van der Waals surface area contributed by atoms with Gasteiger partial charge >= 0.3 is 0 Å². The van der Waals surface area contributed by atoms with Crippen molar-refractivity contribution >= 4 is 10.9 Å². The summed E-state index contributed by atoms with van der Waals surface area (Å²) in [6.45, 7) is 8.71. The summed E-state index contributed by atoms with van der Waals surface area (Å²) < 4.78 is 0. The molecule has 5 nitrogen and oxygen atoms in total. The van der Waals surface area contributed by atoms with Crippen LogP contribution in [-0.2, 0) is 12.8 Å². The first-order valence-electron chi connectivity index (χ1n) is 11.0. The van der Waals surface area contributed by atoms with Crippen LogP contribution in [0.1, 0.15) is 73.7 Å². The van der Waals surface area contributed by atoms with Gasteiger partial charge in [-0.05, 0) is 59.9 Å². The SMILES string of the molecule is CC(C)c1cncc(CC(C)c2cnnc(CC(C)c3cnc4ccccc4c3)c2)n1. The molecule has 0 saturated carbocycles. The molecule has 4 rings (SSSR count). The number of hydrogen-bond donors (Lipinski definition) is 0.